The van der Waals surface area contributed by atoms with E-state index in [1.807, 2.05) is 30.3 Å². The minimum absolute atomic E-state index is 0.323. The molecule has 1 saturated heterocycles. The molecule has 5 rings (SSSR count). The van der Waals surface area contributed by atoms with Crippen molar-refractivity contribution in [2.45, 2.75) is 30.6 Å². The van der Waals surface area contributed by atoms with Gasteiger partial charge in [0.05, 0.1) is 17.2 Å². The highest BCUT2D eigenvalue weighted by molar-refractivity contribution is 5.79. The van der Waals surface area contributed by atoms with Gasteiger partial charge in [-0.05, 0) is 42.4 Å². The summed E-state index contributed by atoms with van der Waals surface area (Å²) in [6.45, 7) is 1.94. The van der Waals surface area contributed by atoms with Gasteiger partial charge in [0, 0.05) is 39.4 Å². The van der Waals surface area contributed by atoms with Crippen molar-refractivity contribution in [3.8, 4) is 22.9 Å². The standard InChI is InChI=1S/C23H25N5O2/c1-27-10-8-22(9-11-27)15-23(26-21(25)28(2)30-23)19-13-18(6-7-20(19)29-22)17-5-3-4-16(12-17)14-24/h3-7,12-13H,8-11,15H2,1-2H3,(H2,25,26). The summed E-state index contributed by atoms with van der Waals surface area (Å²) in [7, 11) is 3.92. The molecule has 1 unspecified atom stereocenters. The van der Waals surface area contributed by atoms with Crippen LogP contribution in [0.4, 0.5) is 0 Å². The number of hydroxylamine groups is 2. The molecule has 0 bridgehead atoms. The highest BCUT2D eigenvalue weighted by Gasteiger charge is 2.55. The van der Waals surface area contributed by atoms with E-state index in [4.69, 9.17) is 20.3 Å². The van der Waals surface area contributed by atoms with E-state index >= 15 is 0 Å². The Bertz CT molecular complexity index is 1070. The van der Waals surface area contributed by atoms with E-state index in [1.165, 1.54) is 0 Å². The molecule has 1 fully saturated rings. The zero-order chi connectivity index (χ0) is 20.9. The summed E-state index contributed by atoms with van der Waals surface area (Å²) in [5.41, 5.74) is 8.37. The number of hydrogen-bond donors (Lipinski definition) is 1. The summed E-state index contributed by atoms with van der Waals surface area (Å²) in [6, 6.07) is 15.9. The largest absolute Gasteiger partial charge is 0.486 e. The maximum absolute atomic E-state index is 9.26. The fourth-order valence-electron chi connectivity index (χ4n) is 4.71. The van der Waals surface area contributed by atoms with Crippen LogP contribution in [-0.2, 0) is 10.6 Å². The topological polar surface area (TPSA) is 87.1 Å². The molecule has 2 aromatic rings. The SMILES string of the molecule is CN1CCC2(CC1)CC1(N=C(N)N(C)O1)c1cc(-c3cccc(C#N)c3)ccc1O2. The second-order valence-corrected chi connectivity index (χ2v) is 8.51. The van der Waals surface area contributed by atoms with Crippen molar-refractivity contribution in [2.75, 3.05) is 27.2 Å². The first-order valence-electron chi connectivity index (χ1n) is 10.2. The van der Waals surface area contributed by atoms with E-state index in [2.05, 4.69) is 24.1 Å². The number of rotatable bonds is 1. The average molecular weight is 403 g/mol. The third-order valence-electron chi connectivity index (χ3n) is 6.42. The minimum atomic E-state index is -0.898. The number of nitrogens with zero attached hydrogens (tertiary/aromatic N) is 4. The van der Waals surface area contributed by atoms with Crippen LogP contribution in [0.25, 0.3) is 11.1 Å². The minimum Gasteiger partial charge on any atom is -0.486 e. The molecule has 1 atom stereocenters. The van der Waals surface area contributed by atoms with Crippen molar-refractivity contribution in [1.82, 2.24) is 9.96 Å². The van der Waals surface area contributed by atoms with E-state index in [-0.39, 0.29) is 5.60 Å². The maximum atomic E-state index is 9.26. The molecule has 2 aromatic carbocycles. The summed E-state index contributed by atoms with van der Waals surface area (Å²) < 4.78 is 6.61. The normalized spacial score (nSPS) is 25.0. The van der Waals surface area contributed by atoms with Gasteiger partial charge in [-0.2, -0.15) is 5.26 Å². The lowest BCUT2D eigenvalue weighted by Crippen LogP contribution is -2.53. The monoisotopic (exact) mass is 403 g/mol. The number of nitrogens with two attached hydrogens (primary N) is 1. The van der Waals surface area contributed by atoms with Crippen LogP contribution in [-0.4, -0.2) is 48.7 Å². The van der Waals surface area contributed by atoms with Crippen molar-refractivity contribution in [2.24, 2.45) is 10.7 Å². The van der Waals surface area contributed by atoms with Crippen molar-refractivity contribution < 1.29 is 9.57 Å². The van der Waals surface area contributed by atoms with Gasteiger partial charge in [0.15, 0.2) is 0 Å². The van der Waals surface area contributed by atoms with E-state index in [9.17, 15) is 5.26 Å². The number of likely N-dealkylation sites (tertiary alicyclic amines) is 1. The number of ether oxygens (including phenoxy) is 1. The van der Waals surface area contributed by atoms with Crippen LogP contribution in [0.3, 0.4) is 0 Å². The summed E-state index contributed by atoms with van der Waals surface area (Å²) in [6.07, 6.45) is 2.45. The lowest BCUT2D eigenvalue weighted by Gasteiger charge is -2.48. The Hall–Kier alpha value is -3.08. The van der Waals surface area contributed by atoms with Crippen molar-refractivity contribution >= 4 is 5.96 Å². The molecule has 7 nitrogen and oxygen atoms in total. The predicted octanol–water partition coefficient (Wildman–Crippen LogP) is 2.82. The zero-order valence-electron chi connectivity index (χ0n) is 17.3. The van der Waals surface area contributed by atoms with Gasteiger partial charge >= 0.3 is 0 Å². The molecule has 0 aliphatic carbocycles. The van der Waals surface area contributed by atoms with Crippen LogP contribution in [0.1, 0.15) is 30.4 Å². The van der Waals surface area contributed by atoms with Crippen molar-refractivity contribution in [1.29, 1.82) is 5.26 Å². The summed E-state index contributed by atoms with van der Waals surface area (Å²) >= 11 is 0. The van der Waals surface area contributed by atoms with Gasteiger partial charge in [-0.25, -0.2) is 14.9 Å². The number of guanidine groups is 1. The van der Waals surface area contributed by atoms with Crippen LogP contribution < -0.4 is 10.5 Å². The summed E-state index contributed by atoms with van der Waals surface area (Å²) in [5, 5.41) is 10.8. The van der Waals surface area contributed by atoms with E-state index < -0.39 is 5.72 Å². The Morgan fingerprint density at radius 3 is 2.57 bits per heavy atom. The Labute approximate surface area is 176 Å². The Morgan fingerprint density at radius 1 is 1.10 bits per heavy atom. The molecule has 0 radical (unpaired) electrons. The van der Waals surface area contributed by atoms with Crippen molar-refractivity contribution in [3.05, 3.63) is 53.6 Å². The number of benzene rings is 2. The Morgan fingerprint density at radius 2 is 1.87 bits per heavy atom. The molecule has 154 valence electrons. The summed E-state index contributed by atoms with van der Waals surface area (Å²) in [4.78, 5) is 13.4. The highest BCUT2D eigenvalue weighted by atomic mass is 16.7. The first-order chi connectivity index (χ1) is 14.4. The quantitative estimate of drug-likeness (QED) is 0.788. The van der Waals surface area contributed by atoms with Crippen LogP contribution in [0.5, 0.6) is 5.75 Å². The van der Waals surface area contributed by atoms with Crippen LogP contribution in [0.15, 0.2) is 47.5 Å². The molecule has 0 saturated carbocycles. The molecule has 0 aromatic heterocycles. The third kappa shape index (κ3) is 3.00. The number of piperidine rings is 1. The Kier molecular flexibility index (Phi) is 4.24. The molecule has 3 aliphatic heterocycles. The molecule has 30 heavy (non-hydrogen) atoms. The van der Waals surface area contributed by atoms with E-state index in [0.29, 0.717) is 17.9 Å². The Balaban J connectivity index is 1.62. The molecular formula is C23H25N5O2. The van der Waals surface area contributed by atoms with E-state index in [0.717, 1.165) is 48.4 Å². The van der Waals surface area contributed by atoms with Gasteiger partial charge in [0.25, 0.3) is 0 Å². The molecule has 3 aliphatic rings. The first kappa shape index (κ1) is 18.9. The van der Waals surface area contributed by atoms with Gasteiger partial charge in [-0.1, -0.05) is 18.2 Å². The predicted molar refractivity (Wildman–Crippen MR) is 113 cm³/mol. The van der Waals surface area contributed by atoms with Gasteiger partial charge in [-0.15, -0.1) is 0 Å². The molecule has 2 N–H and O–H groups in total. The second kappa shape index (κ2) is 6.73. The van der Waals surface area contributed by atoms with Gasteiger partial charge in [0.1, 0.15) is 11.4 Å². The number of fused-ring (bicyclic) bond motifs is 2. The van der Waals surface area contributed by atoms with Gasteiger partial charge in [0.2, 0.25) is 11.7 Å². The number of nitriles is 1. The van der Waals surface area contributed by atoms with Crippen molar-refractivity contribution in [3.63, 3.8) is 0 Å². The third-order valence-corrected chi connectivity index (χ3v) is 6.42. The van der Waals surface area contributed by atoms with Gasteiger partial charge < -0.3 is 15.4 Å². The van der Waals surface area contributed by atoms with Crippen LogP contribution in [0, 0.1) is 11.3 Å². The molecule has 0 amide bonds. The molecular weight excluding hydrogens is 378 g/mol. The average Bonchev–Trinajstić information content (AvgIpc) is 3.03. The zero-order valence-corrected chi connectivity index (χ0v) is 17.3. The van der Waals surface area contributed by atoms with E-state index in [1.54, 1.807) is 18.2 Å². The number of aliphatic imine (C=N–C) groups is 1. The summed E-state index contributed by atoms with van der Waals surface area (Å²) in [5.74, 6) is 1.15. The first-order valence-corrected chi connectivity index (χ1v) is 10.2. The molecule has 3 heterocycles. The van der Waals surface area contributed by atoms with Crippen LogP contribution in [0.2, 0.25) is 0 Å². The molecule has 2 spiro atoms. The fourth-order valence-corrected chi connectivity index (χ4v) is 4.71. The maximum Gasteiger partial charge on any atom is 0.222 e. The number of hydrogen-bond acceptors (Lipinski definition) is 7. The van der Waals surface area contributed by atoms with Gasteiger partial charge in [-0.3, -0.25) is 0 Å². The fraction of sp³-hybridized carbons (Fsp3) is 0.391. The van der Waals surface area contributed by atoms with Crippen LogP contribution >= 0.6 is 0 Å². The second-order valence-electron chi connectivity index (χ2n) is 8.51. The highest BCUT2D eigenvalue weighted by Crippen LogP contribution is 2.52. The lowest BCUT2D eigenvalue weighted by molar-refractivity contribution is -0.208. The molecule has 7 heteroatoms. The lowest BCUT2D eigenvalue weighted by atomic mass is 9.78. The smallest absolute Gasteiger partial charge is 0.222 e.